The number of carbonyl (C=O) groups is 1. The van der Waals surface area contributed by atoms with Crippen LogP contribution in [-0.2, 0) is 21.9 Å². The van der Waals surface area contributed by atoms with Crippen molar-refractivity contribution in [1.82, 2.24) is 29.6 Å². The maximum absolute atomic E-state index is 11.5. The molecule has 12 heteroatoms. The normalized spacial score (nSPS) is 14.6. The molecule has 0 spiro atoms. The molecule has 0 amide bonds. The van der Waals surface area contributed by atoms with Gasteiger partial charge in [0.1, 0.15) is 12.1 Å². The van der Waals surface area contributed by atoms with E-state index in [0.29, 0.717) is 11.0 Å². The molecule has 1 fully saturated rings. The first-order valence-electron chi connectivity index (χ1n) is 10.3. The molecule has 0 atom stereocenters. The monoisotopic (exact) mass is 471 g/mol. The highest BCUT2D eigenvalue weighted by molar-refractivity contribution is 7.98. The zero-order valence-corrected chi connectivity index (χ0v) is 19.3. The first kappa shape index (κ1) is 23.0. The summed E-state index contributed by atoms with van der Waals surface area (Å²) in [5.74, 6) is 0.820. The van der Waals surface area contributed by atoms with Crippen LogP contribution in [0.2, 0.25) is 0 Å². The van der Waals surface area contributed by atoms with Crippen LogP contribution >= 0.6 is 11.8 Å². The molecular weight excluding hydrogens is 446 g/mol. The van der Waals surface area contributed by atoms with Crippen molar-refractivity contribution in [2.45, 2.75) is 17.6 Å². The Bertz CT molecular complexity index is 1110. The van der Waals surface area contributed by atoms with E-state index in [1.165, 1.54) is 18.9 Å². The van der Waals surface area contributed by atoms with E-state index in [2.05, 4.69) is 36.1 Å². The number of esters is 1. The van der Waals surface area contributed by atoms with Crippen molar-refractivity contribution in [2.75, 3.05) is 40.5 Å². The summed E-state index contributed by atoms with van der Waals surface area (Å²) in [6, 6.07) is 7.59. The van der Waals surface area contributed by atoms with E-state index in [1.807, 2.05) is 12.1 Å². The summed E-state index contributed by atoms with van der Waals surface area (Å²) < 4.78 is 18.9. The highest BCUT2D eigenvalue weighted by atomic mass is 32.2. The predicted octanol–water partition coefficient (Wildman–Crippen LogP) is 1.73. The zero-order chi connectivity index (χ0) is 23.0. The number of ether oxygens (including phenoxy) is 3. The summed E-state index contributed by atoms with van der Waals surface area (Å²) in [4.78, 5) is 13.9. The van der Waals surface area contributed by atoms with Crippen LogP contribution in [-0.4, -0.2) is 82.3 Å². The summed E-state index contributed by atoms with van der Waals surface area (Å²) in [6.45, 7) is 4.10. The molecule has 3 heterocycles. The Kier molecular flexibility index (Phi) is 7.70. The molecule has 33 heavy (non-hydrogen) atoms. The first-order valence-corrected chi connectivity index (χ1v) is 11.3. The Hall–Kier alpha value is -3.22. The van der Waals surface area contributed by atoms with Gasteiger partial charge in [-0.15, -0.1) is 10.2 Å². The number of nitrogens with zero attached hydrogens (tertiary/aromatic N) is 7. The van der Waals surface area contributed by atoms with Crippen molar-refractivity contribution in [2.24, 2.45) is 5.10 Å². The number of rotatable bonds is 9. The summed E-state index contributed by atoms with van der Waals surface area (Å²) in [5, 5.41) is 17.4. The number of carbonyl (C=O) groups excluding carboxylic acids is 1. The van der Waals surface area contributed by atoms with Crippen LogP contribution in [0.25, 0.3) is 0 Å². The maximum atomic E-state index is 11.5. The van der Waals surface area contributed by atoms with Crippen LogP contribution < -0.4 is 4.74 Å². The summed E-state index contributed by atoms with van der Waals surface area (Å²) in [7, 11) is 3.01. The molecule has 0 saturated carbocycles. The van der Waals surface area contributed by atoms with Gasteiger partial charge in [0.15, 0.2) is 5.69 Å². The first-order chi connectivity index (χ1) is 16.2. The number of benzene rings is 1. The number of hydrogen-bond acceptors (Lipinski definition) is 10. The van der Waals surface area contributed by atoms with Gasteiger partial charge in [-0.1, -0.05) is 11.8 Å². The van der Waals surface area contributed by atoms with E-state index in [-0.39, 0.29) is 5.69 Å². The van der Waals surface area contributed by atoms with E-state index in [9.17, 15) is 4.79 Å². The minimum atomic E-state index is -0.473. The number of hydrogen-bond donors (Lipinski definition) is 0. The predicted molar refractivity (Wildman–Crippen MR) is 122 cm³/mol. The molecule has 1 aliphatic heterocycles. The molecule has 1 aliphatic rings. The minimum Gasteiger partial charge on any atom is -0.496 e. The fourth-order valence-electron chi connectivity index (χ4n) is 3.30. The van der Waals surface area contributed by atoms with Crippen molar-refractivity contribution in [3.63, 3.8) is 0 Å². The Morgan fingerprint density at radius 3 is 2.91 bits per heavy atom. The van der Waals surface area contributed by atoms with Gasteiger partial charge >= 0.3 is 5.97 Å². The van der Waals surface area contributed by atoms with Gasteiger partial charge in [-0.05, 0) is 29.8 Å². The van der Waals surface area contributed by atoms with Gasteiger partial charge in [0, 0.05) is 31.4 Å². The average molecular weight is 472 g/mol. The molecule has 3 aromatic rings. The van der Waals surface area contributed by atoms with Gasteiger partial charge in [-0.3, -0.25) is 9.58 Å². The molecule has 0 radical (unpaired) electrons. The Labute approximate surface area is 195 Å². The van der Waals surface area contributed by atoms with Crippen LogP contribution in [0.1, 0.15) is 21.6 Å². The molecule has 11 nitrogen and oxygen atoms in total. The average Bonchev–Trinajstić information content (AvgIpc) is 3.51. The summed E-state index contributed by atoms with van der Waals surface area (Å²) in [5.41, 5.74) is 2.30. The van der Waals surface area contributed by atoms with Crippen molar-refractivity contribution in [3.05, 3.63) is 53.6 Å². The van der Waals surface area contributed by atoms with E-state index < -0.39 is 5.97 Å². The Morgan fingerprint density at radius 1 is 1.27 bits per heavy atom. The second kappa shape index (κ2) is 11.1. The maximum Gasteiger partial charge on any atom is 0.358 e. The van der Waals surface area contributed by atoms with Gasteiger partial charge in [0.2, 0.25) is 5.16 Å². The second-order valence-electron chi connectivity index (χ2n) is 7.17. The number of thioether (sulfide) groups is 1. The number of morpholine rings is 1. The molecule has 0 unspecified atom stereocenters. The summed E-state index contributed by atoms with van der Waals surface area (Å²) >= 11 is 1.39. The van der Waals surface area contributed by atoms with Gasteiger partial charge in [0.25, 0.3) is 0 Å². The molecule has 0 aliphatic carbocycles. The lowest BCUT2D eigenvalue weighted by atomic mass is 10.1. The van der Waals surface area contributed by atoms with Crippen LogP contribution in [0.4, 0.5) is 0 Å². The summed E-state index contributed by atoms with van der Waals surface area (Å²) in [6.07, 6.45) is 5.01. The highest BCUT2D eigenvalue weighted by Crippen LogP contribution is 2.22. The Morgan fingerprint density at radius 2 is 2.12 bits per heavy atom. The van der Waals surface area contributed by atoms with Crippen LogP contribution in [0, 0.1) is 0 Å². The standard InChI is InChI=1S/C21H25N7O4S/c1-30-19-4-3-16(11-17(19)13-26-7-9-32-10-8-26)12-23-28-14-22-24-21(28)33-15-27-6-5-18(25-27)20(29)31-2/h3-6,11-12,14H,7-10,13,15H2,1-2H3/b23-12-. The van der Waals surface area contributed by atoms with Gasteiger partial charge < -0.3 is 14.2 Å². The van der Waals surface area contributed by atoms with E-state index in [0.717, 1.165) is 49.7 Å². The molecule has 0 N–H and O–H groups in total. The fraction of sp³-hybridized carbons (Fsp3) is 0.381. The number of methoxy groups -OCH3 is 2. The lowest BCUT2D eigenvalue weighted by molar-refractivity contribution is 0.0339. The van der Waals surface area contributed by atoms with Crippen molar-refractivity contribution in [1.29, 1.82) is 0 Å². The van der Waals surface area contributed by atoms with E-state index >= 15 is 0 Å². The van der Waals surface area contributed by atoms with Gasteiger partial charge in [-0.25, -0.2) is 4.79 Å². The topological polar surface area (TPSA) is 109 Å². The van der Waals surface area contributed by atoms with Crippen LogP contribution in [0.3, 0.4) is 0 Å². The molecule has 1 aromatic carbocycles. The zero-order valence-electron chi connectivity index (χ0n) is 18.5. The molecule has 0 bridgehead atoms. The van der Waals surface area contributed by atoms with Crippen LogP contribution in [0.5, 0.6) is 5.75 Å². The third kappa shape index (κ3) is 5.97. The van der Waals surface area contributed by atoms with Crippen molar-refractivity contribution in [3.8, 4) is 5.75 Å². The van der Waals surface area contributed by atoms with Crippen molar-refractivity contribution >= 4 is 23.9 Å². The SMILES string of the molecule is COC(=O)c1ccn(CSc2nncn2/N=C\c2ccc(OC)c(CN3CCOCC3)c2)n1. The molecule has 1 saturated heterocycles. The lowest BCUT2D eigenvalue weighted by Gasteiger charge is -2.27. The second-order valence-corrected chi connectivity index (χ2v) is 8.08. The van der Waals surface area contributed by atoms with E-state index in [4.69, 9.17) is 9.47 Å². The van der Waals surface area contributed by atoms with E-state index in [1.54, 1.807) is 41.3 Å². The minimum absolute atomic E-state index is 0.255. The number of aromatic nitrogens is 5. The molecule has 2 aromatic heterocycles. The largest absolute Gasteiger partial charge is 0.496 e. The van der Waals surface area contributed by atoms with Crippen molar-refractivity contribution < 1.29 is 19.0 Å². The molecule has 174 valence electrons. The molecular formula is C21H25N7O4S. The Balaban J connectivity index is 1.42. The fourth-order valence-corrected chi connectivity index (χ4v) is 4.02. The van der Waals surface area contributed by atoms with Gasteiger partial charge in [-0.2, -0.15) is 14.9 Å². The smallest absolute Gasteiger partial charge is 0.358 e. The van der Waals surface area contributed by atoms with Crippen LogP contribution in [0.15, 0.2) is 47.0 Å². The molecule has 4 rings (SSSR count). The van der Waals surface area contributed by atoms with Gasteiger partial charge in [0.05, 0.1) is 39.5 Å². The highest BCUT2D eigenvalue weighted by Gasteiger charge is 2.14. The third-order valence-corrected chi connectivity index (χ3v) is 5.92. The lowest BCUT2D eigenvalue weighted by Crippen LogP contribution is -2.35. The third-order valence-electron chi connectivity index (χ3n) is 4.99. The quantitative estimate of drug-likeness (QED) is 0.262.